The molecule has 0 radical (unpaired) electrons. The molecule has 0 aliphatic heterocycles. The van der Waals surface area contributed by atoms with E-state index < -0.39 is 45.8 Å². The third-order valence-electron chi connectivity index (χ3n) is 2.86. The van der Waals surface area contributed by atoms with Gasteiger partial charge in [0.15, 0.2) is 0 Å². The summed E-state index contributed by atoms with van der Waals surface area (Å²) in [5.41, 5.74) is 5.37. The summed E-state index contributed by atoms with van der Waals surface area (Å²) in [5, 5.41) is 10.3. The Kier molecular flexibility index (Phi) is 6.64. The first-order valence-electron chi connectivity index (χ1n) is 6.26. The Morgan fingerprint density at radius 1 is 1.04 bits per heavy atom. The SMILES string of the molecule is NC(=O)[C@H](C(O)c1ccccc1)N(CP(=O)(O)O)CP(=O)(O)O. The van der Waals surface area contributed by atoms with Crippen LogP contribution in [0.1, 0.15) is 11.7 Å². The lowest BCUT2D eigenvalue weighted by Gasteiger charge is -2.32. The van der Waals surface area contributed by atoms with Gasteiger partial charge in [0, 0.05) is 0 Å². The molecule has 23 heavy (non-hydrogen) atoms. The second kappa shape index (κ2) is 7.65. The third-order valence-corrected chi connectivity index (χ3v) is 4.32. The van der Waals surface area contributed by atoms with Crippen molar-refractivity contribution in [1.29, 1.82) is 0 Å². The largest absolute Gasteiger partial charge is 0.386 e. The van der Waals surface area contributed by atoms with E-state index in [0.29, 0.717) is 4.90 Å². The molecule has 12 heteroatoms. The first-order valence-corrected chi connectivity index (χ1v) is 9.86. The minimum absolute atomic E-state index is 0.206. The molecule has 0 saturated carbocycles. The highest BCUT2D eigenvalue weighted by molar-refractivity contribution is 7.52. The molecule has 0 aliphatic carbocycles. The smallest absolute Gasteiger partial charge is 0.339 e. The Morgan fingerprint density at radius 2 is 1.48 bits per heavy atom. The van der Waals surface area contributed by atoms with Gasteiger partial charge >= 0.3 is 15.2 Å². The maximum absolute atomic E-state index is 11.6. The number of nitrogens with two attached hydrogens (primary N) is 1. The van der Waals surface area contributed by atoms with Crippen LogP contribution in [0.3, 0.4) is 0 Å². The van der Waals surface area contributed by atoms with E-state index >= 15 is 0 Å². The fraction of sp³-hybridized carbons (Fsp3) is 0.364. The molecule has 0 spiro atoms. The number of hydrogen-bond donors (Lipinski definition) is 6. The summed E-state index contributed by atoms with van der Waals surface area (Å²) in [6.45, 7) is 0. The fourth-order valence-electron chi connectivity index (χ4n) is 2.06. The van der Waals surface area contributed by atoms with Crippen molar-refractivity contribution < 1.29 is 38.6 Å². The van der Waals surface area contributed by atoms with Crippen LogP contribution in [0.2, 0.25) is 0 Å². The Balaban J connectivity index is 3.21. The zero-order valence-corrected chi connectivity index (χ0v) is 13.6. The van der Waals surface area contributed by atoms with Crippen LogP contribution < -0.4 is 5.73 Å². The first kappa shape index (κ1) is 20.0. The average Bonchev–Trinajstić information content (AvgIpc) is 2.35. The number of benzene rings is 1. The molecule has 0 aromatic heterocycles. The Hall–Kier alpha value is -1.09. The van der Waals surface area contributed by atoms with Crippen molar-refractivity contribution in [3.8, 4) is 0 Å². The summed E-state index contributed by atoms with van der Waals surface area (Å²) in [6.07, 6.45) is -3.91. The summed E-state index contributed by atoms with van der Waals surface area (Å²) in [5.74, 6) is -1.18. The van der Waals surface area contributed by atoms with Crippen molar-refractivity contribution in [3.05, 3.63) is 35.9 Å². The Labute approximate surface area is 131 Å². The topological polar surface area (TPSA) is 182 Å². The van der Waals surface area contributed by atoms with E-state index in [1.54, 1.807) is 18.2 Å². The van der Waals surface area contributed by atoms with Gasteiger partial charge in [0.1, 0.15) is 24.7 Å². The fourth-order valence-corrected chi connectivity index (χ4v) is 3.72. The molecule has 0 saturated heterocycles. The quantitative estimate of drug-likeness (QED) is 0.318. The molecule has 1 aromatic carbocycles. The molecular formula is C11H18N2O8P2. The highest BCUT2D eigenvalue weighted by Gasteiger charge is 2.38. The predicted molar refractivity (Wildman–Crippen MR) is 80.0 cm³/mol. The van der Waals surface area contributed by atoms with E-state index in [4.69, 9.17) is 25.3 Å². The minimum Gasteiger partial charge on any atom is -0.386 e. The number of carbonyl (C=O) groups excluding carboxylic acids is 1. The van der Waals surface area contributed by atoms with Crippen LogP contribution in [0.25, 0.3) is 0 Å². The van der Waals surface area contributed by atoms with Gasteiger partial charge in [-0.25, -0.2) is 0 Å². The number of amides is 1. The molecule has 7 N–H and O–H groups in total. The molecule has 0 fully saturated rings. The lowest BCUT2D eigenvalue weighted by molar-refractivity contribution is -0.126. The van der Waals surface area contributed by atoms with Crippen molar-refractivity contribution in [2.75, 3.05) is 12.6 Å². The van der Waals surface area contributed by atoms with E-state index in [9.17, 15) is 19.0 Å². The maximum atomic E-state index is 11.6. The van der Waals surface area contributed by atoms with E-state index in [1.165, 1.54) is 12.1 Å². The lowest BCUT2D eigenvalue weighted by Crippen LogP contribution is -2.49. The van der Waals surface area contributed by atoms with Crippen molar-refractivity contribution >= 4 is 21.1 Å². The number of rotatable bonds is 8. The van der Waals surface area contributed by atoms with Crippen molar-refractivity contribution in [1.82, 2.24) is 4.90 Å². The monoisotopic (exact) mass is 368 g/mol. The number of primary amides is 1. The minimum atomic E-state index is -4.77. The van der Waals surface area contributed by atoms with Crippen molar-refractivity contribution in [2.45, 2.75) is 12.1 Å². The molecule has 1 unspecified atom stereocenters. The van der Waals surface area contributed by atoms with E-state index in [0.717, 1.165) is 0 Å². The van der Waals surface area contributed by atoms with Crippen LogP contribution in [-0.4, -0.2) is 54.1 Å². The molecule has 0 bridgehead atoms. The molecule has 1 aromatic rings. The van der Waals surface area contributed by atoms with Crippen LogP contribution in [0.15, 0.2) is 30.3 Å². The summed E-state index contributed by atoms with van der Waals surface area (Å²) in [6, 6.07) is 5.89. The summed E-state index contributed by atoms with van der Waals surface area (Å²) in [7, 11) is -9.54. The second-order valence-corrected chi connectivity index (χ2v) is 8.13. The standard InChI is InChI=1S/C11H18N2O8P2/c12-11(15)9(10(14)8-4-2-1-3-5-8)13(6-22(16,17)18)7-23(19,20)21/h1-5,9-10,14H,6-7H2,(H2,12,15)(H2,16,17,18)(H2,19,20,21)/t9-,10?/m0/s1. The van der Waals surface area contributed by atoms with Gasteiger partial charge in [-0.3, -0.25) is 18.8 Å². The molecule has 1 amide bonds. The molecule has 130 valence electrons. The van der Waals surface area contributed by atoms with Gasteiger partial charge in [-0.2, -0.15) is 0 Å². The van der Waals surface area contributed by atoms with Gasteiger partial charge in [0.25, 0.3) is 0 Å². The van der Waals surface area contributed by atoms with Crippen LogP contribution in [0, 0.1) is 0 Å². The number of nitrogens with zero attached hydrogens (tertiary/aromatic N) is 1. The molecular weight excluding hydrogens is 350 g/mol. The van der Waals surface area contributed by atoms with Gasteiger partial charge in [0.05, 0.1) is 0 Å². The summed E-state index contributed by atoms with van der Waals surface area (Å²) >= 11 is 0. The Morgan fingerprint density at radius 3 is 1.83 bits per heavy atom. The first-order chi connectivity index (χ1) is 10.4. The van der Waals surface area contributed by atoms with Gasteiger partial charge in [-0.15, -0.1) is 0 Å². The van der Waals surface area contributed by atoms with E-state index in [-0.39, 0.29) is 5.56 Å². The van der Waals surface area contributed by atoms with Crippen LogP contribution in [0.5, 0.6) is 0 Å². The normalized spacial score (nSPS) is 15.4. The predicted octanol–water partition coefficient (Wildman–Crippen LogP) is -0.854. The molecule has 0 aliphatic rings. The van der Waals surface area contributed by atoms with E-state index in [2.05, 4.69) is 0 Å². The molecule has 1 rings (SSSR count). The third kappa shape index (κ3) is 6.90. The van der Waals surface area contributed by atoms with Crippen LogP contribution >= 0.6 is 15.2 Å². The second-order valence-electron chi connectivity index (χ2n) is 4.90. The summed E-state index contributed by atoms with van der Waals surface area (Å²) in [4.78, 5) is 48.3. The van der Waals surface area contributed by atoms with Crippen LogP contribution in [-0.2, 0) is 13.9 Å². The lowest BCUT2D eigenvalue weighted by atomic mass is 10.0. The van der Waals surface area contributed by atoms with Gasteiger partial charge in [-0.05, 0) is 5.56 Å². The molecule has 2 atom stereocenters. The van der Waals surface area contributed by atoms with Crippen molar-refractivity contribution in [2.24, 2.45) is 5.73 Å². The number of aliphatic hydroxyl groups excluding tert-OH is 1. The highest BCUT2D eigenvalue weighted by atomic mass is 31.2. The Bertz CT molecular complexity index is 604. The van der Waals surface area contributed by atoms with Crippen LogP contribution in [0.4, 0.5) is 0 Å². The number of hydrogen-bond acceptors (Lipinski definition) is 5. The zero-order chi connectivity index (χ0) is 17.8. The highest BCUT2D eigenvalue weighted by Crippen LogP contribution is 2.42. The van der Waals surface area contributed by atoms with Gasteiger partial charge in [0.2, 0.25) is 5.91 Å². The average molecular weight is 368 g/mol. The zero-order valence-electron chi connectivity index (χ0n) is 11.8. The maximum Gasteiger partial charge on any atom is 0.339 e. The van der Waals surface area contributed by atoms with Crippen molar-refractivity contribution in [3.63, 3.8) is 0 Å². The molecule has 0 heterocycles. The number of aliphatic hydroxyl groups is 1. The van der Waals surface area contributed by atoms with Gasteiger partial charge < -0.3 is 30.4 Å². The van der Waals surface area contributed by atoms with Gasteiger partial charge in [-0.1, -0.05) is 30.3 Å². The summed E-state index contributed by atoms with van der Waals surface area (Å²) < 4.78 is 22.4. The van der Waals surface area contributed by atoms with E-state index in [1.807, 2.05) is 0 Å². The number of carbonyl (C=O) groups is 1. The molecule has 10 nitrogen and oxygen atoms in total.